The molecule has 1 unspecified atom stereocenters. The number of amides is 1. The summed E-state index contributed by atoms with van der Waals surface area (Å²) in [6.07, 6.45) is -0.727. The van der Waals surface area contributed by atoms with Crippen LogP contribution >= 0.6 is 11.6 Å². The summed E-state index contributed by atoms with van der Waals surface area (Å²) in [5.74, 6) is 0.283. The van der Waals surface area contributed by atoms with Gasteiger partial charge in [0.1, 0.15) is 17.3 Å². The van der Waals surface area contributed by atoms with Crippen molar-refractivity contribution < 1.29 is 18.7 Å². The molecule has 2 aromatic carbocycles. The smallest absolute Gasteiger partial charge is 0.261 e. The second-order valence-electron chi connectivity index (χ2n) is 4.90. The number of methoxy groups -OCH3 is 1. The summed E-state index contributed by atoms with van der Waals surface area (Å²) in [6.45, 7) is 1.99. The van der Waals surface area contributed by atoms with Crippen molar-refractivity contribution in [2.45, 2.75) is 19.6 Å². The average molecular weight is 338 g/mol. The van der Waals surface area contributed by atoms with Crippen LogP contribution in [0.3, 0.4) is 0 Å². The molecule has 0 aliphatic heterocycles. The van der Waals surface area contributed by atoms with Crippen LogP contribution < -0.4 is 14.8 Å². The van der Waals surface area contributed by atoms with E-state index in [0.717, 1.165) is 11.3 Å². The number of carbonyl (C=O) groups is 1. The normalized spacial score (nSPS) is 11.7. The van der Waals surface area contributed by atoms with Crippen LogP contribution in [0.1, 0.15) is 12.5 Å². The Morgan fingerprint density at radius 2 is 1.87 bits per heavy atom. The molecule has 0 aromatic heterocycles. The highest BCUT2D eigenvalue weighted by atomic mass is 35.5. The van der Waals surface area contributed by atoms with Gasteiger partial charge in [0.25, 0.3) is 5.91 Å². The first kappa shape index (κ1) is 17.1. The van der Waals surface area contributed by atoms with E-state index >= 15 is 0 Å². The summed E-state index contributed by atoms with van der Waals surface area (Å²) in [5.41, 5.74) is 0.941. The van der Waals surface area contributed by atoms with Gasteiger partial charge < -0.3 is 14.8 Å². The molecule has 1 atom stereocenters. The van der Waals surface area contributed by atoms with E-state index in [-0.39, 0.29) is 10.9 Å². The molecule has 0 radical (unpaired) electrons. The molecule has 0 fully saturated rings. The first-order valence-electron chi connectivity index (χ1n) is 7.02. The molecule has 0 aliphatic rings. The molecule has 0 heterocycles. The van der Waals surface area contributed by atoms with E-state index in [1.807, 2.05) is 24.3 Å². The summed E-state index contributed by atoms with van der Waals surface area (Å²) in [6, 6.07) is 11.3. The molecule has 122 valence electrons. The van der Waals surface area contributed by atoms with Gasteiger partial charge in [-0.25, -0.2) is 4.39 Å². The molecule has 1 N–H and O–H groups in total. The lowest BCUT2D eigenvalue weighted by Gasteiger charge is -2.15. The van der Waals surface area contributed by atoms with Gasteiger partial charge in [0.2, 0.25) is 0 Å². The molecule has 4 nitrogen and oxygen atoms in total. The van der Waals surface area contributed by atoms with Crippen molar-refractivity contribution in [3.63, 3.8) is 0 Å². The lowest BCUT2D eigenvalue weighted by atomic mass is 10.2. The maximum atomic E-state index is 13.1. The molecule has 0 saturated heterocycles. The first-order valence-corrected chi connectivity index (χ1v) is 7.39. The van der Waals surface area contributed by atoms with Crippen LogP contribution in [-0.4, -0.2) is 19.1 Å². The van der Waals surface area contributed by atoms with Crippen molar-refractivity contribution >= 4 is 17.5 Å². The highest BCUT2D eigenvalue weighted by Gasteiger charge is 2.15. The van der Waals surface area contributed by atoms with Gasteiger partial charge in [-0.05, 0) is 36.8 Å². The van der Waals surface area contributed by atoms with Gasteiger partial charge in [-0.3, -0.25) is 4.79 Å². The van der Waals surface area contributed by atoms with Crippen LogP contribution in [0.2, 0.25) is 5.02 Å². The maximum Gasteiger partial charge on any atom is 0.261 e. The van der Waals surface area contributed by atoms with Gasteiger partial charge >= 0.3 is 0 Å². The molecular weight excluding hydrogens is 321 g/mol. The summed E-state index contributed by atoms with van der Waals surface area (Å²) < 4.78 is 23.6. The van der Waals surface area contributed by atoms with Crippen molar-refractivity contribution in [1.29, 1.82) is 0 Å². The van der Waals surface area contributed by atoms with Crippen LogP contribution in [0, 0.1) is 5.82 Å². The minimum absolute atomic E-state index is 0.0478. The molecular formula is C17H17ClFNO3. The molecule has 0 saturated carbocycles. The second-order valence-corrected chi connectivity index (χ2v) is 5.31. The van der Waals surface area contributed by atoms with E-state index in [1.165, 1.54) is 18.2 Å². The van der Waals surface area contributed by atoms with Crippen molar-refractivity contribution in [2.75, 3.05) is 7.11 Å². The second kappa shape index (κ2) is 7.83. The Hall–Kier alpha value is -2.27. The highest BCUT2D eigenvalue weighted by molar-refractivity contribution is 6.30. The number of benzene rings is 2. The molecule has 23 heavy (non-hydrogen) atoms. The minimum Gasteiger partial charge on any atom is -0.497 e. The predicted octanol–water partition coefficient (Wildman–Crippen LogP) is 3.57. The van der Waals surface area contributed by atoms with Crippen molar-refractivity contribution in [3.05, 3.63) is 58.9 Å². The third kappa shape index (κ3) is 4.86. The van der Waals surface area contributed by atoms with Gasteiger partial charge in [0.05, 0.1) is 12.1 Å². The van der Waals surface area contributed by atoms with E-state index in [1.54, 1.807) is 14.0 Å². The number of nitrogens with one attached hydrogen (secondary N) is 1. The zero-order valence-corrected chi connectivity index (χ0v) is 13.6. The van der Waals surface area contributed by atoms with Gasteiger partial charge in [0, 0.05) is 12.6 Å². The standard InChI is InChI=1S/C17H17ClFNO3/c1-11(23-14-7-8-16(19)15(18)9-14)17(21)20-10-12-3-5-13(22-2)6-4-12/h3-9,11H,10H2,1-2H3,(H,20,21). The minimum atomic E-state index is -0.727. The van der Waals surface area contributed by atoms with E-state index < -0.39 is 11.9 Å². The van der Waals surface area contributed by atoms with Crippen LogP contribution in [0.15, 0.2) is 42.5 Å². The average Bonchev–Trinajstić information content (AvgIpc) is 2.56. The number of hydrogen-bond acceptors (Lipinski definition) is 3. The number of rotatable bonds is 6. The Morgan fingerprint density at radius 1 is 1.22 bits per heavy atom. The van der Waals surface area contributed by atoms with Gasteiger partial charge in [-0.15, -0.1) is 0 Å². The molecule has 0 spiro atoms. The fourth-order valence-electron chi connectivity index (χ4n) is 1.88. The van der Waals surface area contributed by atoms with E-state index in [4.69, 9.17) is 21.1 Å². The summed E-state index contributed by atoms with van der Waals surface area (Å²) in [5, 5.41) is 2.72. The lowest BCUT2D eigenvalue weighted by Crippen LogP contribution is -2.35. The van der Waals surface area contributed by atoms with Crippen LogP contribution in [-0.2, 0) is 11.3 Å². The number of hydrogen-bond donors (Lipinski definition) is 1. The summed E-state index contributed by atoms with van der Waals surface area (Å²) in [7, 11) is 1.59. The maximum absolute atomic E-state index is 13.1. The van der Waals surface area contributed by atoms with Crippen LogP contribution in [0.5, 0.6) is 11.5 Å². The molecule has 1 amide bonds. The highest BCUT2D eigenvalue weighted by Crippen LogP contribution is 2.22. The van der Waals surface area contributed by atoms with Crippen molar-refractivity contribution in [3.8, 4) is 11.5 Å². The molecule has 2 rings (SSSR count). The molecule has 2 aromatic rings. The Bertz CT molecular complexity index is 676. The molecule has 0 aliphatic carbocycles. The fourth-order valence-corrected chi connectivity index (χ4v) is 2.05. The number of carbonyl (C=O) groups excluding carboxylic acids is 1. The monoisotopic (exact) mass is 337 g/mol. The zero-order chi connectivity index (χ0) is 16.8. The summed E-state index contributed by atoms with van der Waals surface area (Å²) in [4.78, 5) is 12.0. The Labute approximate surface area is 139 Å². The Morgan fingerprint density at radius 3 is 2.48 bits per heavy atom. The van der Waals surface area contributed by atoms with Gasteiger partial charge in [-0.2, -0.15) is 0 Å². The molecule has 0 bridgehead atoms. The third-order valence-electron chi connectivity index (χ3n) is 3.20. The van der Waals surface area contributed by atoms with Crippen molar-refractivity contribution in [1.82, 2.24) is 5.32 Å². The molecule has 6 heteroatoms. The zero-order valence-electron chi connectivity index (χ0n) is 12.8. The Balaban J connectivity index is 1.87. The topological polar surface area (TPSA) is 47.6 Å². The van der Waals surface area contributed by atoms with Gasteiger partial charge in [0.15, 0.2) is 6.10 Å². The largest absolute Gasteiger partial charge is 0.497 e. The third-order valence-corrected chi connectivity index (χ3v) is 3.49. The van der Waals surface area contributed by atoms with Crippen LogP contribution in [0.25, 0.3) is 0 Å². The SMILES string of the molecule is COc1ccc(CNC(=O)C(C)Oc2ccc(F)c(Cl)c2)cc1. The quantitative estimate of drug-likeness (QED) is 0.876. The lowest BCUT2D eigenvalue weighted by molar-refractivity contribution is -0.127. The Kier molecular flexibility index (Phi) is 5.82. The van der Waals surface area contributed by atoms with Gasteiger partial charge in [-0.1, -0.05) is 23.7 Å². The predicted molar refractivity (Wildman–Crippen MR) is 86.3 cm³/mol. The number of ether oxygens (including phenoxy) is 2. The van der Waals surface area contributed by atoms with E-state index in [9.17, 15) is 9.18 Å². The van der Waals surface area contributed by atoms with E-state index in [0.29, 0.717) is 12.3 Å². The number of halogens is 2. The van der Waals surface area contributed by atoms with E-state index in [2.05, 4.69) is 5.32 Å². The fraction of sp³-hybridized carbons (Fsp3) is 0.235. The van der Waals surface area contributed by atoms with Crippen molar-refractivity contribution in [2.24, 2.45) is 0 Å². The van der Waals surface area contributed by atoms with Crippen LogP contribution in [0.4, 0.5) is 4.39 Å². The summed E-state index contributed by atoms with van der Waals surface area (Å²) >= 11 is 5.68. The first-order chi connectivity index (χ1) is 11.0.